The normalized spacial score (nSPS) is 18.2. The molecule has 0 saturated carbocycles. The lowest BCUT2D eigenvalue weighted by atomic mass is 9.89. The van der Waals surface area contributed by atoms with E-state index in [0.717, 1.165) is 11.1 Å². The summed E-state index contributed by atoms with van der Waals surface area (Å²) in [5.41, 5.74) is 1.51. The molecular formula is C23H20N2O3. The van der Waals surface area contributed by atoms with Gasteiger partial charge in [0.25, 0.3) is 5.91 Å². The third kappa shape index (κ3) is 3.10. The number of hydrogen-bond donors (Lipinski definition) is 1. The molecule has 2 heterocycles. The van der Waals surface area contributed by atoms with E-state index in [1.807, 2.05) is 37.3 Å². The zero-order valence-corrected chi connectivity index (χ0v) is 15.5. The van der Waals surface area contributed by atoms with E-state index in [4.69, 9.17) is 0 Å². The van der Waals surface area contributed by atoms with Crippen LogP contribution in [0.3, 0.4) is 0 Å². The van der Waals surface area contributed by atoms with Gasteiger partial charge >= 0.3 is 0 Å². The van der Waals surface area contributed by atoms with Crippen molar-refractivity contribution in [1.82, 2.24) is 4.98 Å². The molecular weight excluding hydrogens is 352 g/mol. The minimum absolute atomic E-state index is 0.234. The number of carbonyl (C=O) groups excluding carboxylic acids is 2. The molecule has 0 radical (unpaired) electrons. The number of Topliss-reactive ketones (excluding diaryl/α,β-unsaturated/α-hetero) is 1. The molecule has 1 atom stereocenters. The predicted octanol–water partition coefficient (Wildman–Crippen LogP) is 3.40. The number of rotatable bonds is 5. The second kappa shape index (κ2) is 7.02. The van der Waals surface area contributed by atoms with Crippen LogP contribution in [0.5, 0.6) is 0 Å². The molecule has 0 saturated heterocycles. The van der Waals surface area contributed by atoms with E-state index in [0.29, 0.717) is 17.8 Å². The van der Waals surface area contributed by atoms with E-state index in [1.54, 1.807) is 41.3 Å². The summed E-state index contributed by atoms with van der Waals surface area (Å²) in [6.45, 7) is 2.33. The van der Waals surface area contributed by atoms with Crippen molar-refractivity contribution in [2.24, 2.45) is 0 Å². The second-order valence-electron chi connectivity index (χ2n) is 7.07. The number of amides is 1. The first-order chi connectivity index (χ1) is 13.5. The lowest BCUT2D eigenvalue weighted by Gasteiger charge is -2.22. The number of carbonyl (C=O) groups is 2. The van der Waals surface area contributed by atoms with Crippen molar-refractivity contribution in [3.05, 3.63) is 95.3 Å². The first-order valence-electron chi connectivity index (χ1n) is 9.13. The molecule has 1 aromatic heterocycles. The molecule has 0 fully saturated rings. The van der Waals surface area contributed by atoms with Gasteiger partial charge in [0.2, 0.25) is 0 Å². The van der Waals surface area contributed by atoms with Gasteiger partial charge in [-0.3, -0.25) is 14.6 Å². The maximum Gasteiger partial charge on any atom is 0.264 e. The minimum Gasteiger partial charge on any atom is -0.375 e. The van der Waals surface area contributed by atoms with Gasteiger partial charge in [0.15, 0.2) is 11.4 Å². The van der Waals surface area contributed by atoms with Crippen molar-refractivity contribution in [3.63, 3.8) is 0 Å². The quantitative estimate of drug-likeness (QED) is 0.697. The van der Waals surface area contributed by atoms with Gasteiger partial charge in [0, 0.05) is 11.8 Å². The maximum absolute atomic E-state index is 13.2. The second-order valence-corrected chi connectivity index (χ2v) is 7.07. The molecule has 0 spiro atoms. The van der Waals surface area contributed by atoms with E-state index in [1.165, 1.54) is 6.20 Å². The van der Waals surface area contributed by atoms with Crippen molar-refractivity contribution in [3.8, 4) is 0 Å². The van der Waals surface area contributed by atoms with Crippen molar-refractivity contribution < 1.29 is 14.7 Å². The van der Waals surface area contributed by atoms with Crippen LogP contribution in [0, 0.1) is 6.92 Å². The van der Waals surface area contributed by atoms with Crippen LogP contribution in [0.1, 0.15) is 33.6 Å². The summed E-state index contributed by atoms with van der Waals surface area (Å²) >= 11 is 0. The fourth-order valence-corrected chi connectivity index (χ4v) is 3.56. The molecule has 1 aliphatic rings. The number of aryl methyl sites for hydroxylation is 1. The zero-order chi connectivity index (χ0) is 19.7. The van der Waals surface area contributed by atoms with Gasteiger partial charge in [-0.15, -0.1) is 0 Å². The van der Waals surface area contributed by atoms with Gasteiger partial charge in [0.05, 0.1) is 18.7 Å². The summed E-state index contributed by atoms with van der Waals surface area (Å²) in [4.78, 5) is 31.5. The zero-order valence-electron chi connectivity index (χ0n) is 15.5. The Balaban J connectivity index is 1.68. The van der Waals surface area contributed by atoms with Crippen LogP contribution >= 0.6 is 0 Å². The number of ketones is 1. The average molecular weight is 372 g/mol. The summed E-state index contributed by atoms with van der Waals surface area (Å²) in [7, 11) is 0. The summed E-state index contributed by atoms with van der Waals surface area (Å²) < 4.78 is 0. The number of nitrogens with zero attached hydrogens (tertiary/aromatic N) is 2. The lowest BCUT2D eigenvalue weighted by molar-refractivity contribution is -0.136. The van der Waals surface area contributed by atoms with Crippen molar-refractivity contribution >= 4 is 17.4 Å². The minimum atomic E-state index is -1.89. The number of para-hydroxylation sites is 1. The molecule has 28 heavy (non-hydrogen) atoms. The smallest absolute Gasteiger partial charge is 0.264 e. The van der Waals surface area contributed by atoms with Crippen LogP contribution in [0.2, 0.25) is 0 Å². The molecule has 2 aromatic carbocycles. The fraction of sp³-hybridized carbons (Fsp3) is 0.174. The number of aliphatic hydroxyl groups is 1. The highest BCUT2D eigenvalue weighted by atomic mass is 16.3. The molecule has 0 bridgehead atoms. The average Bonchev–Trinajstić information content (AvgIpc) is 2.92. The van der Waals surface area contributed by atoms with Crippen molar-refractivity contribution in [1.29, 1.82) is 0 Å². The maximum atomic E-state index is 13.2. The molecule has 5 nitrogen and oxygen atoms in total. The van der Waals surface area contributed by atoms with Crippen LogP contribution in [-0.2, 0) is 16.9 Å². The monoisotopic (exact) mass is 372 g/mol. The van der Waals surface area contributed by atoms with Gasteiger partial charge in [0.1, 0.15) is 5.69 Å². The van der Waals surface area contributed by atoms with Crippen LogP contribution < -0.4 is 4.90 Å². The van der Waals surface area contributed by atoms with Gasteiger partial charge < -0.3 is 10.0 Å². The van der Waals surface area contributed by atoms with Gasteiger partial charge in [-0.05, 0) is 30.7 Å². The van der Waals surface area contributed by atoms with Crippen molar-refractivity contribution in [2.75, 3.05) is 4.90 Å². The van der Waals surface area contributed by atoms with Gasteiger partial charge in [-0.1, -0.05) is 54.1 Å². The Morgan fingerprint density at radius 3 is 2.46 bits per heavy atom. The molecule has 3 aromatic rings. The third-order valence-corrected chi connectivity index (χ3v) is 5.07. The fourth-order valence-electron chi connectivity index (χ4n) is 3.56. The molecule has 1 amide bonds. The Kier molecular flexibility index (Phi) is 4.53. The Hall–Kier alpha value is -3.31. The van der Waals surface area contributed by atoms with E-state index < -0.39 is 11.5 Å². The largest absolute Gasteiger partial charge is 0.375 e. The number of anilines is 1. The first-order valence-corrected chi connectivity index (χ1v) is 9.13. The number of benzene rings is 2. The van der Waals surface area contributed by atoms with E-state index in [-0.39, 0.29) is 17.9 Å². The lowest BCUT2D eigenvalue weighted by Crippen LogP contribution is -2.41. The highest BCUT2D eigenvalue weighted by molar-refractivity contribution is 6.10. The predicted molar refractivity (Wildman–Crippen MR) is 106 cm³/mol. The number of aromatic nitrogens is 1. The molecule has 4 rings (SSSR count). The van der Waals surface area contributed by atoms with Crippen LogP contribution in [0.25, 0.3) is 0 Å². The molecule has 1 aliphatic heterocycles. The third-order valence-electron chi connectivity index (χ3n) is 5.07. The highest BCUT2D eigenvalue weighted by Gasteiger charge is 2.50. The van der Waals surface area contributed by atoms with Crippen LogP contribution in [0.4, 0.5) is 5.69 Å². The van der Waals surface area contributed by atoms with E-state index in [9.17, 15) is 14.7 Å². The van der Waals surface area contributed by atoms with Gasteiger partial charge in [-0.25, -0.2) is 0 Å². The molecule has 1 unspecified atom stereocenters. The SMILES string of the molecule is Cc1ccc(CN2C(=O)C(O)(CC(=O)c3ccccn3)c3ccccc32)cc1. The standard InChI is InChI=1S/C23H20N2O3/c1-16-9-11-17(12-10-16)15-25-20-8-3-2-6-18(20)23(28,22(25)27)14-21(26)19-7-4-5-13-24-19/h2-13,28H,14-15H2,1H3. The molecule has 1 N–H and O–H groups in total. The van der Waals surface area contributed by atoms with Crippen LogP contribution in [-0.4, -0.2) is 21.8 Å². The Morgan fingerprint density at radius 1 is 1.04 bits per heavy atom. The molecule has 0 aliphatic carbocycles. The Bertz CT molecular complexity index is 1030. The number of pyridine rings is 1. The topological polar surface area (TPSA) is 70.5 Å². The van der Waals surface area contributed by atoms with E-state index >= 15 is 0 Å². The Morgan fingerprint density at radius 2 is 1.75 bits per heavy atom. The summed E-state index contributed by atoms with van der Waals surface area (Å²) in [6, 6.07) is 20.0. The molecule has 140 valence electrons. The van der Waals surface area contributed by atoms with Crippen molar-refractivity contribution in [2.45, 2.75) is 25.5 Å². The highest BCUT2D eigenvalue weighted by Crippen LogP contribution is 2.43. The van der Waals surface area contributed by atoms with Gasteiger partial charge in [-0.2, -0.15) is 0 Å². The summed E-state index contributed by atoms with van der Waals surface area (Å²) in [5, 5.41) is 11.3. The number of hydrogen-bond acceptors (Lipinski definition) is 4. The molecule has 5 heteroatoms. The first kappa shape index (κ1) is 18.1. The summed E-state index contributed by atoms with van der Waals surface area (Å²) in [6.07, 6.45) is 1.18. The number of fused-ring (bicyclic) bond motifs is 1. The Labute approximate surface area is 163 Å². The van der Waals surface area contributed by atoms with Crippen LogP contribution in [0.15, 0.2) is 72.9 Å². The summed E-state index contributed by atoms with van der Waals surface area (Å²) in [5.74, 6) is -0.859. The van der Waals surface area contributed by atoms with E-state index in [2.05, 4.69) is 4.98 Å².